The number of carbonyl (C=O) groups excluding carboxylic acids is 1. The number of carbonyl (C=O) groups is 1. The average Bonchev–Trinajstić information content (AvgIpc) is 4.03. The van der Waals surface area contributed by atoms with E-state index < -0.39 is 0 Å². The number of nitrogens with zero attached hydrogens (tertiary/aromatic N) is 3. The van der Waals surface area contributed by atoms with Crippen LogP contribution >= 0.6 is 0 Å². The van der Waals surface area contributed by atoms with Crippen LogP contribution in [-0.2, 0) is 21.0 Å². The quantitative estimate of drug-likeness (QED) is 0.201. The Morgan fingerprint density at radius 1 is 0.507 bits per heavy atom. The van der Waals surface area contributed by atoms with Crippen LogP contribution in [0.5, 0.6) is 0 Å². The number of anilines is 1. The number of fused-ring (bicyclic) bond motifs is 12. The highest BCUT2D eigenvalue weighted by Crippen LogP contribution is 2.57. The lowest BCUT2D eigenvalue weighted by Gasteiger charge is -2.38. The zero-order valence-electron chi connectivity index (χ0n) is 45.1. The molecule has 4 heterocycles. The summed E-state index contributed by atoms with van der Waals surface area (Å²) in [6.07, 6.45) is 25.0. The van der Waals surface area contributed by atoms with Gasteiger partial charge in [0.05, 0.1) is 28.3 Å². The summed E-state index contributed by atoms with van der Waals surface area (Å²) in [6.45, 7) is 16.3. The highest BCUT2D eigenvalue weighted by atomic mass is 16.3. The monoisotopic (exact) mass is 971 g/mol. The third-order valence-electron chi connectivity index (χ3n) is 20.5. The van der Waals surface area contributed by atoms with E-state index >= 15 is 4.79 Å². The van der Waals surface area contributed by atoms with Crippen molar-refractivity contribution in [2.75, 3.05) is 5.32 Å². The van der Waals surface area contributed by atoms with Crippen molar-refractivity contribution in [3.8, 4) is 22.3 Å². The number of ketones is 1. The van der Waals surface area contributed by atoms with Crippen molar-refractivity contribution in [3.63, 3.8) is 0 Å². The normalized spacial score (nSPS) is 30.5. The third kappa shape index (κ3) is 7.27. The Morgan fingerprint density at radius 2 is 0.959 bits per heavy atom. The molecule has 0 amide bonds. The summed E-state index contributed by atoms with van der Waals surface area (Å²) in [6, 6.07) is 19.4. The number of benzene rings is 4. The first-order chi connectivity index (χ1) is 35.3. The van der Waals surface area contributed by atoms with Crippen molar-refractivity contribution in [1.82, 2.24) is 0 Å². The van der Waals surface area contributed by atoms with Crippen LogP contribution in [0, 0.1) is 33.6 Å². The lowest BCUT2D eigenvalue weighted by Crippen LogP contribution is -2.41. The first-order valence-corrected chi connectivity index (χ1v) is 29.1. The molecule has 2 N–H and O–H groups in total. The number of allylic oxidation sites excluding steroid dienone is 2. The fraction of sp³-hybridized carbons (Fsp3) is 0.522. The van der Waals surface area contributed by atoms with Crippen molar-refractivity contribution in [2.45, 2.75) is 218 Å². The maximum absolute atomic E-state index is 15.2. The summed E-state index contributed by atoms with van der Waals surface area (Å²) < 4.78 is 0. The van der Waals surface area contributed by atoms with Crippen LogP contribution in [0.3, 0.4) is 0 Å². The van der Waals surface area contributed by atoms with Gasteiger partial charge in [0, 0.05) is 56.8 Å². The van der Waals surface area contributed by atoms with Crippen LogP contribution in [0.25, 0.3) is 22.3 Å². The molecule has 5 aliphatic carbocycles. The second-order valence-corrected chi connectivity index (χ2v) is 25.3. The Bertz CT molecular complexity index is 3210. The van der Waals surface area contributed by atoms with Gasteiger partial charge in [-0.05, 0) is 226 Å². The third-order valence-corrected chi connectivity index (χ3v) is 20.5. The fourth-order valence-corrected chi connectivity index (χ4v) is 16.3. The van der Waals surface area contributed by atoms with Crippen LogP contribution in [-0.4, -0.2) is 34.1 Å². The standard InChI is InChI=1S/C67H78N4O2/c1-38-30-42(43-31-39(2)58-50(35-43)65(5)27-19-10-8-17-25-53(65)68-58)34-49-46-22-14-12-15-23-47(61(46)70-57(38)49)55-62(72)56(63(55)73)48-24-16-13-21-29-67(7)52-37-45(33-41(4)60(52)71-64(48)67)44-32-40(3)59-51(36-44)66(6)28-20-11-9-18-26-54(66)69-59/h30-37,46-47,61,70,72H,8-29H2,1-7H3. The van der Waals surface area contributed by atoms with Gasteiger partial charge in [-0.15, -0.1) is 0 Å². The number of aliphatic imine (C=N–C) groups is 3. The van der Waals surface area contributed by atoms with Crippen molar-refractivity contribution in [2.24, 2.45) is 20.9 Å². The molecule has 0 bridgehead atoms. The minimum atomic E-state index is -0.364. The molecular weight excluding hydrogens is 893 g/mol. The van der Waals surface area contributed by atoms with Gasteiger partial charge in [0.25, 0.3) is 0 Å². The molecule has 4 aromatic carbocycles. The number of aliphatic hydroxyl groups is 1. The zero-order chi connectivity index (χ0) is 50.1. The largest absolute Gasteiger partial charge is 0.507 e. The molecule has 6 atom stereocenters. The van der Waals surface area contributed by atoms with Gasteiger partial charge >= 0.3 is 0 Å². The van der Waals surface area contributed by atoms with Crippen LogP contribution in [0.2, 0.25) is 0 Å². The van der Waals surface area contributed by atoms with E-state index in [0.717, 1.165) is 87.6 Å². The molecule has 0 saturated heterocycles. The van der Waals surface area contributed by atoms with Crippen LogP contribution in [0.1, 0.15) is 212 Å². The number of aryl methyl sites for hydroxylation is 4. The number of hydrogen-bond donors (Lipinski definition) is 2. The molecule has 6 heteroatoms. The Labute approximate surface area is 435 Å². The van der Waals surface area contributed by atoms with Crippen LogP contribution < -0.4 is 5.32 Å². The molecule has 0 aromatic heterocycles. The Kier molecular flexibility index (Phi) is 11.4. The van der Waals surface area contributed by atoms with E-state index in [0.29, 0.717) is 11.1 Å². The van der Waals surface area contributed by atoms with E-state index in [4.69, 9.17) is 15.0 Å². The average molecular weight is 971 g/mol. The van der Waals surface area contributed by atoms with Crippen molar-refractivity contribution in [3.05, 3.63) is 116 Å². The lowest BCUT2D eigenvalue weighted by molar-refractivity contribution is -0.114. The van der Waals surface area contributed by atoms with Gasteiger partial charge in [0.2, 0.25) is 0 Å². The molecule has 6 nitrogen and oxygen atoms in total. The van der Waals surface area contributed by atoms with Gasteiger partial charge in [-0.25, -0.2) is 0 Å². The summed E-state index contributed by atoms with van der Waals surface area (Å²) in [4.78, 5) is 31.5. The first kappa shape index (κ1) is 47.4. The molecule has 0 radical (unpaired) electrons. The molecule has 4 aliphatic heterocycles. The van der Waals surface area contributed by atoms with Gasteiger partial charge in [-0.3, -0.25) is 19.8 Å². The van der Waals surface area contributed by atoms with Gasteiger partial charge in [-0.2, -0.15) is 0 Å². The summed E-state index contributed by atoms with van der Waals surface area (Å²) in [5, 5.41) is 16.7. The van der Waals surface area contributed by atoms with Crippen molar-refractivity contribution < 1.29 is 9.90 Å². The number of Topliss-reactive ketones (excluding diaryl/α,β-unsaturated/α-hetero) is 1. The number of aliphatic hydroxyl groups excluding tert-OH is 1. The molecule has 4 aromatic rings. The van der Waals surface area contributed by atoms with Gasteiger partial charge in [0.1, 0.15) is 5.76 Å². The number of hydrogen-bond acceptors (Lipinski definition) is 6. The number of nitrogens with one attached hydrogen (secondary N) is 1. The minimum Gasteiger partial charge on any atom is -0.507 e. The molecular formula is C67H78N4O2. The second-order valence-electron chi connectivity index (χ2n) is 25.3. The Hall–Kier alpha value is -5.36. The van der Waals surface area contributed by atoms with Crippen LogP contribution in [0.15, 0.2) is 86.0 Å². The Morgan fingerprint density at radius 3 is 1.53 bits per heavy atom. The molecule has 4 saturated carbocycles. The minimum absolute atomic E-state index is 0.00154. The predicted molar refractivity (Wildman–Crippen MR) is 303 cm³/mol. The SMILES string of the molecule is Cc1cc(-c2cc(C)c3c(c2)C2CCCCCC(C4=C(O)C(=C5CCCCCC6(C)C5=Nc5c(C)cc(-c7cc(C)c8c(c7)C7(C)CCCCCCC7=N8)cc56)C4=O)C2N3)cc2c1N=C1CCCCCCC12C. The molecule has 4 fully saturated rings. The van der Waals surface area contributed by atoms with E-state index in [-0.39, 0.29) is 45.7 Å². The molecule has 0 spiro atoms. The van der Waals surface area contributed by atoms with E-state index in [1.54, 1.807) is 0 Å². The van der Waals surface area contributed by atoms with Gasteiger partial charge < -0.3 is 10.4 Å². The molecule has 378 valence electrons. The predicted octanol–water partition coefficient (Wildman–Crippen LogP) is 17.8. The molecule has 9 aliphatic rings. The van der Waals surface area contributed by atoms with E-state index in [2.05, 4.69) is 102 Å². The van der Waals surface area contributed by atoms with Gasteiger partial charge in [-0.1, -0.05) is 84.5 Å². The van der Waals surface area contributed by atoms with Crippen molar-refractivity contribution in [1.29, 1.82) is 0 Å². The summed E-state index contributed by atoms with van der Waals surface area (Å²) in [5.41, 5.74) is 25.9. The fourth-order valence-electron chi connectivity index (χ4n) is 16.3. The zero-order valence-corrected chi connectivity index (χ0v) is 45.1. The van der Waals surface area contributed by atoms with E-state index in [1.165, 1.54) is 166 Å². The van der Waals surface area contributed by atoms with Crippen LogP contribution in [0.4, 0.5) is 22.7 Å². The highest BCUT2D eigenvalue weighted by molar-refractivity contribution is 6.26. The lowest BCUT2D eigenvalue weighted by atomic mass is 9.65. The molecule has 73 heavy (non-hydrogen) atoms. The number of rotatable bonds is 3. The summed E-state index contributed by atoms with van der Waals surface area (Å²) in [7, 11) is 0. The summed E-state index contributed by atoms with van der Waals surface area (Å²) in [5.74, 6) is 0.497. The highest BCUT2D eigenvalue weighted by Gasteiger charge is 2.51. The van der Waals surface area contributed by atoms with E-state index in [9.17, 15) is 5.11 Å². The van der Waals surface area contributed by atoms with E-state index in [1.807, 2.05) is 0 Å². The molecule has 13 rings (SSSR count). The second kappa shape index (κ2) is 17.6. The van der Waals surface area contributed by atoms with Gasteiger partial charge in [0.15, 0.2) is 5.78 Å². The first-order valence-electron chi connectivity index (χ1n) is 29.1. The summed E-state index contributed by atoms with van der Waals surface area (Å²) >= 11 is 0. The maximum atomic E-state index is 15.2. The molecule has 6 unspecified atom stereocenters. The maximum Gasteiger partial charge on any atom is 0.197 e. The van der Waals surface area contributed by atoms with Crippen molar-refractivity contribution >= 4 is 45.7 Å². The topological polar surface area (TPSA) is 86.4 Å². The Balaban J connectivity index is 0.829. The smallest absolute Gasteiger partial charge is 0.197 e.